The minimum absolute atomic E-state index is 0.0307. The number of carbonyl (C=O) groups is 4. The fraction of sp³-hybridized carbons (Fsp3) is 0.478. The van der Waals surface area contributed by atoms with E-state index in [1.54, 1.807) is 0 Å². The van der Waals surface area contributed by atoms with Gasteiger partial charge in [-0.25, -0.2) is 19.6 Å². The average molecular weight is 827 g/mol. The summed E-state index contributed by atoms with van der Waals surface area (Å²) in [6.07, 6.45) is 3.75. The van der Waals surface area contributed by atoms with Crippen molar-refractivity contribution in [2.75, 3.05) is 27.4 Å². The molecule has 3 aromatic carbocycles. The normalized spacial score (nSPS) is 25.1. The minimum Gasteiger partial charge on any atom is -0.453 e. The van der Waals surface area contributed by atoms with Crippen molar-refractivity contribution in [3.05, 3.63) is 71.3 Å². The van der Waals surface area contributed by atoms with Gasteiger partial charge in [0.25, 0.3) is 0 Å². The zero-order chi connectivity index (χ0) is 42.1. The van der Waals surface area contributed by atoms with Crippen LogP contribution in [0.15, 0.2) is 48.5 Å². The molecule has 0 bridgehead atoms. The number of hydrogen-bond donors (Lipinski definition) is 4. The van der Waals surface area contributed by atoms with Gasteiger partial charge in [-0.3, -0.25) is 9.59 Å². The number of ether oxygens (including phenoxy) is 3. The Hall–Kier alpha value is -6.14. The molecule has 15 heteroatoms. The Kier molecular flexibility index (Phi) is 9.85. The average Bonchev–Trinajstić information content (AvgIpc) is 3.93. The molecule has 2 aromatic heterocycles. The highest BCUT2D eigenvalue weighted by Gasteiger charge is 2.57. The number of alkyl carbamates (subject to hydrolysis) is 2. The van der Waals surface area contributed by atoms with Crippen LogP contribution in [0, 0.1) is 35.5 Å². The van der Waals surface area contributed by atoms with Gasteiger partial charge in [0.2, 0.25) is 11.8 Å². The maximum absolute atomic E-state index is 14.3. The molecule has 5 heterocycles. The summed E-state index contributed by atoms with van der Waals surface area (Å²) in [5.74, 6) is 8.68. The first-order valence-electron chi connectivity index (χ1n) is 21.4. The van der Waals surface area contributed by atoms with Crippen LogP contribution in [0.2, 0.25) is 0 Å². The molecule has 5 aliphatic rings. The van der Waals surface area contributed by atoms with Gasteiger partial charge in [-0.1, -0.05) is 37.8 Å². The Balaban J connectivity index is 0.871. The highest BCUT2D eigenvalue weighted by molar-refractivity contribution is 6.04. The SMILES string of the molecule is COC(=O)N[C@H](C(=O)N1[C@@H]2CC2C[C@H]1c1nc2ccc(C#Cc3ccc4c(ccc5[nH]c([C@@H]6C[C@H]7C[C@H]7N6C(=O)[C@@H](NC(=O)OC)C6CCOCC6)nc54)c3)cc2[nH]1)C(C)C. The van der Waals surface area contributed by atoms with E-state index < -0.39 is 24.3 Å². The van der Waals surface area contributed by atoms with Crippen LogP contribution in [0.1, 0.15) is 87.2 Å². The number of likely N-dealkylation sites (tertiary alicyclic amines) is 2. The number of piperidine rings is 2. The molecule has 61 heavy (non-hydrogen) atoms. The van der Waals surface area contributed by atoms with Crippen molar-refractivity contribution < 1.29 is 33.4 Å². The van der Waals surface area contributed by atoms with Crippen LogP contribution < -0.4 is 10.6 Å². The number of methoxy groups -OCH3 is 2. The van der Waals surface area contributed by atoms with Crippen molar-refractivity contribution in [2.24, 2.45) is 23.7 Å². The van der Waals surface area contributed by atoms with Crippen molar-refractivity contribution in [3.8, 4) is 11.8 Å². The molecule has 316 valence electrons. The van der Waals surface area contributed by atoms with Crippen molar-refractivity contribution in [3.63, 3.8) is 0 Å². The second-order valence-corrected chi connectivity index (χ2v) is 17.7. The number of benzene rings is 3. The zero-order valence-electron chi connectivity index (χ0n) is 34.7. The lowest BCUT2D eigenvalue weighted by molar-refractivity contribution is -0.138. The number of aromatic nitrogens is 4. The molecule has 0 radical (unpaired) electrons. The lowest BCUT2D eigenvalue weighted by Gasteiger charge is -2.35. The van der Waals surface area contributed by atoms with E-state index in [1.165, 1.54) is 14.2 Å². The number of rotatable bonds is 8. The van der Waals surface area contributed by atoms with E-state index in [1.807, 2.05) is 54.0 Å². The fourth-order valence-electron chi connectivity index (χ4n) is 10.1. The van der Waals surface area contributed by atoms with Crippen LogP contribution in [0.4, 0.5) is 9.59 Å². The van der Waals surface area contributed by atoms with Gasteiger partial charge in [0.1, 0.15) is 23.7 Å². The number of H-pyrrole nitrogens is 2. The van der Waals surface area contributed by atoms with Crippen molar-refractivity contribution in [1.82, 2.24) is 40.4 Å². The van der Waals surface area contributed by atoms with E-state index >= 15 is 0 Å². The molecule has 3 saturated heterocycles. The summed E-state index contributed by atoms with van der Waals surface area (Å²) in [4.78, 5) is 73.6. The van der Waals surface area contributed by atoms with Gasteiger partial charge >= 0.3 is 12.2 Å². The molecule has 8 atom stereocenters. The van der Waals surface area contributed by atoms with Gasteiger partial charge < -0.3 is 44.6 Å². The lowest BCUT2D eigenvalue weighted by atomic mass is 9.90. The Morgan fingerprint density at radius 3 is 2.07 bits per heavy atom. The predicted molar refractivity (Wildman–Crippen MR) is 225 cm³/mol. The molecule has 4 N–H and O–H groups in total. The molecule has 5 aromatic rings. The lowest BCUT2D eigenvalue weighted by Crippen LogP contribution is -2.54. The number of hydrogen-bond acceptors (Lipinski definition) is 9. The molecule has 10 rings (SSSR count). The zero-order valence-corrected chi connectivity index (χ0v) is 34.7. The number of aromatic amines is 2. The van der Waals surface area contributed by atoms with Gasteiger partial charge in [-0.2, -0.15) is 0 Å². The van der Waals surface area contributed by atoms with Crippen LogP contribution in [-0.2, 0) is 23.8 Å². The highest BCUT2D eigenvalue weighted by atomic mass is 16.5. The summed E-state index contributed by atoms with van der Waals surface area (Å²) in [6, 6.07) is 14.6. The molecule has 15 nitrogen and oxygen atoms in total. The maximum Gasteiger partial charge on any atom is 0.407 e. The fourth-order valence-corrected chi connectivity index (χ4v) is 10.1. The highest BCUT2D eigenvalue weighted by Crippen LogP contribution is 2.55. The first kappa shape index (κ1) is 39.0. The third-order valence-corrected chi connectivity index (χ3v) is 13.5. The Labute approximate surface area is 352 Å². The molecule has 2 saturated carbocycles. The number of nitrogens with one attached hydrogen (secondary N) is 4. The van der Waals surface area contributed by atoms with Crippen molar-refractivity contribution >= 4 is 56.8 Å². The molecule has 5 fully saturated rings. The predicted octanol–water partition coefficient (Wildman–Crippen LogP) is 5.85. The first-order valence-corrected chi connectivity index (χ1v) is 21.4. The van der Waals surface area contributed by atoms with Crippen LogP contribution >= 0.6 is 0 Å². The second-order valence-electron chi connectivity index (χ2n) is 17.7. The van der Waals surface area contributed by atoms with Crippen LogP contribution in [0.25, 0.3) is 32.8 Å². The number of imidazole rings is 2. The van der Waals surface area contributed by atoms with Crippen molar-refractivity contribution in [2.45, 2.75) is 88.6 Å². The van der Waals surface area contributed by atoms with Gasteiger partial charge in [-0.15, -0.1) is 0 Å². The smallest absolute Gasteiger partial charge is 0.407 e. The summed E-state index contributed by atoms with van der Waals surface area (Å²) in [6.45, 7) is 4.95. The Bertz CT molecular complexity index is 2640. The molecule has 0 spiro atoms. The van der Waals surface area contributed by atoms with Gasteiger partial charge in [0.05, 0.1) is 48.4 Å². The third kappa shape index (κ3) is 7.20. The molecule has 2 aliphatic carbocycles. The van der Waals surface area contributed by atoms with Crippen LogP contribution in [-0.4, -0.2) is 105 Å². The minimum atomic E-state index is -0.691. The summed E-state index contributed by atoms with van der Waals surface area (Å²) in [5.41, 5.74) is 5.07. The topological polar surface area (TPSA) is 184 Å². The third-order valence-electron chi connectivity index (χ3n) is 13.5. The van der Waals surface area contributed by atoms with E-state index in [0.29, 0.717) is 37.9 Å². The summed E-state index contributed by atoms with van der Waals surface area (Å²) in [5, 5.41) is 7.59. The van der Waals surface area contributed by atoms with Gasteiger partial charge in [0, 0.05) is 41.8 Å². The molecule has 3 aliphatic heterocycles. The van der Waals surface area contributed by atoms with Crippen LogP contribution in [0.5, 0.6) is 0 Å². The Morgan fingerprint density at radius 2 is 1.38 bits per heavy atom. The standard InChI is InChI=1S/C46H50N8O7/c1-23(2)38(51-45(57)59-3)43(55)53-34-19-28(34)21-36(53)41-47-31-11-8-25(18-33(31)49-41)6-5-24-7-10-30-27(17-24)9-12-32-40(30)50-42(48-32)37-22-29-20-35(29)54(37)44(56)39(52-46(58)60-4)26-13-15-61-16-14-26/h7-12,17-18,23,26,28-29,34-39H,13-16,19-22H2,1-4H3,(H,47,49)(H,48,50)(H,51,57)(H,52,58)/t28?,29-,34-,35-,36+,37+,38+,39+/m1/s1. The second kappa shape index (κ2) is 15.4. The summed E-state index contributed by atoms with van der Waals surface area (Å²) in [7, 11) is 2.62. The van der Waals surface area contributed by atoms with Crippen molar-refractivity contribution in [1.29, 1.82) is 0 Å². The van der Waals surface area contributed by atoms with Gasteiger partial charge in [-0.05, 0) is 104 Å². The summed E-state index contributed by atoms with van der Waals surface area (Å²) >= 11 is 0. The first-order chi connectivity index (χ1) is 29.6. The number of carbonyl (C=O) groups excluding carboxylic acids is 4. The quantitative estimate of drug-likeness (QED) is 0.140. The van der Waals surface area contributed by atoms with E-state index in [9.17, 15) is 19.2 Å². The number of fused-ring (bicyclic) bond motifs is 6. The number of nitrogens with zero attached hydrogens (tertiary/aromatic N) is 4. The van der Waals surface area contributed by atoms with E-state index in [2.05, 4.69) is 50.6 Å². The maximum atomic E-state index is 14.3. The van der Waals surface area contributed by atoms with E-state index in [4.69, 9.17) is 24.2 Å². The van der Waals surface area contributed by atoms with Gasteiger partial charge in [0.15, 0.2) is 0 Å². The number of amides is 4. The Morgan fingerprint density at radius 1 is 0.754 bits per heavy atom. The van der Waals surface area contributed by atoms with Crippen LogP contribution in [0.3, 0.4) is 0 Å². The monoisotopic (exact) mass is 826 g/mol. The van der Waals surface area contributed by atoms with E-state index in [0.717, 1.165) is 81.3 Å². The summed E-state index contributed by atoms with van der Waals surface area (Å²) < 4.78 is 15.3. The van der Waals surface area contributed by atoms with E-state index in [-0.39, 0.29) is 47.8 Å². The molecular formula is C46H50N8O7. The molecule has 4 amide bonds. The molecule has 1 unspecified atom stereocenters. The largest absolute Gasteiger partial charge is 0.453 e. The molecular weight excluding hydrogens is 777 g/mol.